The van der Waals surface area contributed by atoms with Crippen molar-refractivity contribution in [1.29, 1.82) is 0 Å². The molecule has 0 aromatic carbocycles. The zero-order valence-electron chi connectivity index (χ0n) is 17.4. The van der Waals surface area contributed by atoms with Gasteiger partial charge in [0.05, 0.1) is 11.7 Å². The number of hydrogen-bond donors (Lipinski definition) is 0. The summed E-state index contributed by atoms with van der Waals surface area (Å²) in [7, 11) is -5.85. The molecule has 2 aromatic heterocycles. The fourth-order valence-corrected chi connectivity index (χ4v) is 3.66. The van der Waals surface area contributed by atoms with Crippen LogP contribution in [-0.4, -0.2) is 51.7 Å². The van der Waals surface area contributed by atoms with Gasteiger partial charge in [0.2, 0.25) is 5.88 Å². The molecule has 0 radical (unpaired) electrons. The van der Waals surface area contributed by atoms with Gasteiger partial charge in [-0.2, -0.15) is 31.7 Å². The first kappa shape index (κ1) is 23.1. The average molecular weight is 464 g/mol. The van der Waals surface area contributed by atoms with Crippen molar-refractivity contribution in [3.63, 3.8) is 0 Å². The van der Waals surface area contributed by atoms with E-state index in [0.29, 0.717) is 24.4 Å². The molecule has 1 saturated heterocycles. The lowest BCUT2D eigenvalue weighted by Gasteiger charge is -2.35. The monoisotopic (exact) mass is 464 g/mol. The quantitative estimate of drug-likeness (QED) is 0.504. The number of aromatic nitrogens is 3. The van der Waals surface area contributed by atoms with Crippen LogP contribution < -0.4 is 4.18 Å². The van der Waals surface area contributed by atoms with Crippen LogP contribution in [0.15, 0.2) is 12.1 Å². The van der Waals surface area contributed by atoms with Crippen LogP contribution in [0.2, 0.25) is 0 Å². The fourth-order valence-electron chi connectivity index (χ4n) is 3.26. The molecule has 0 saturated carbocycles. The van der Waals surface area contributed by atoms with Crippen LogP contribution in [0.25, 0.3) is 5.65 Å². The maximum Gasteiger partial charge on any atom is 0.534 e. The lowest BCUT2D eigenvalue weighted by molar-refractivity contribution is -0.0501. The number of halogens is 3. The number of carbonyl (C=O) groups excluding carboxylic acids is 1. The minimum absolute atomic E-state index is 0.0945. The topological polar surface area (TPSA) is 103 Å². The fraction of sp³-hybridized carbons (Fsp3) is 0.611. The van der Waals surface area contributed by atoms with Crippen molar-refractivity contribution in [3.05, 3.63) is 23.5 Å². The Morgan fingerprint density at radius 3 is 2.48 bits per heavy atom. The van der Waals surface area contributed by atoms with Crippen molar-refractivity contribution < 1.29 is 35.3 Å². The van der Waals surface area contributed by atoms with E-state index in [1.54, 1.807) is 25.7 Å². The molecule has 9 nitrogen and oxygen atoms in total. The van der Waals surface area contributed by atoms with E-state index in [2.05, 4.69) is 14.3 Å². The van der Waals surface area contributed by atoms with Crippen LogP contribution in [0.4, 0.5) is 18.0 Å². The van der Waals surface area contributed by atoms with Crippen LogP contribution >= 0.6 is 0 Å². The molecule has 0 bridgehead atoms. The van der Waals surface area contributed by atoms with Crippen molar-refractivity contribution in [1.82, 2.24) is 19.5 Å². The SMILES string of the molecule is Cc1cc(OS(=O)(=O)C(F)(F)F)nc2cc(C3CCCCN3C(=O)OC(C)(C)C)nn12. The minimum Gasteiger partial charge on any atom is -0.444 e. The van der Waals surface area contributed by atoms with Crippen LogP contribution in [0.5, 0.6) is 5.88 Å². The lowest BCUT2D eigenvalue weighted by Crippen LogP contribution is -2.42. The third kappa shape index (κ3) is 5.02. The van der Waals surface area contributed by atoms with Gasteiger partial charge < -0.3 is 8.92 Å². The molecular weight excluding hydrogens is 441 g/mol. The first-order valence-corrected chi connectivity index (χ1v) is 11.0. The highest BCUT2D eigenvalue weighted by atomic mass is 32.2. The Hall–Kier alpha value is -2.57. The second-order valence-corrected chi connectivity index (χ2v) is 9.78. The maximum absolute atomic E-state index is 12.6. The maximum atomic E-state index is 12.6. The third-order valence-electron chi connectivity index (χ3n) is 4.55. The second-order valence-electron chi connectivity index (χ2n) is 8.24. The number of aryl methyl sites for hydroxylation is 1. The Bertz CT molecular complexity index is 1090. The van der Waals surface area contributed by atoms with E-state index in [9.17, 15) is 26.4 Å². The van der Waals surface area contributed by atoms with E-state index in [1.165, 1.54) is 17.5 Å². The van der Waals surface area contributed by atoms with Gasteiger partial charge in [0.25, 0.3) is 0 Å². The molecule has 1 aliphatic rings. The molecule has 1 aliphatic heterocycles. The van der Waals surface area contributed by atoms with Gasteiger partial charge in [-0.05, 0) is 47.0 Å². The summed E-state index contributed by atoms with van der Waals surface area (Å²) in [6, 6.07) is 2.13. The number of alkyl halides is 3. The zero-order chi connectivity index (χ0) is 23.2. The Labute approximate surface area is 177 Å². The van der Waals surface area contributed by atoms with Crippen molar-refractivity contribution >= 4 is 21.9 Å². The smallest absolute Gasteiger partial charge is 0.444 e. The highest BCUT2D eigenvalue weighted by Crippen LogP contribution is 2.33. The zero-order valence-corrected chi connectivity index (χ0v) is 18.2. The van der Waals surface area contributed by atoms with Crippen molar-refractivity contribution in [2.24, 2.45) is 0 Å². The van der Waals surface area contributed by atoms with E-state index in [4.69, 9.17) is 4.74 Å². The number of piperidine rings is 1. The van der Waals surface area contributed by atoms with Crippen molar-refractivity contribution in [2.75, 3.05) is 6.54 Å². The van der Waals surface area contributed by atoms with E-state index in [0.717, 1.165) is 18.9 Å². The summed E-state index contributed by atoms with van der Waals surface area (Å²) < 4.78 is 71.4. The van der Waals surface area contributed by atoms with E-state index < -0.39 is 39.2 Å². The molecule has 3 rings (SSSR count). The normalized spacial score (nSPS) is 18.3. The second kappa shape index (κ2) is 7.84. The number of nitrogens with zero attached hydrogens (tertiary/aromatic N) is 4. The summed E-state index contributed by atoms with van der Waals surface area (Å²) in [4.78, 5) is 18.1. The van der Waals surface area contributed by atoms with Gasteiger partial charge in [-0.1, -0.05) is 0 Å². The molecule has 0 spiro atoms. The standard InChI is InChI=1S/C18H23F3N4O5S/c1-11-9-15(30-31(27,28)18(19,20)21)22-14-10-12(23-25(11)14)13-7-5-6-8-24(13)16(26)29-17(2,3)4/h9-10,13H,5-8H2,1-4H3. The first-order chi connectivity index (χ1) is 14.2. The predicted molar refractivity (Wildman–Crippen MR) is 103 cm³/mol. The molecule has 1 fully saturated rings. The minimum atomic E-state index is -5.85. The molecule has 1 unspecified atom stereocenters. The summed E-state index contributed by atoms with van der Waals surface area (Å²) in [6.45, 7) is 7.28. The number of carbonyl (C=O) groups is 1. The molecule has 2 aromatic rings. The van der Waals surface area contributed by atoms with Crippen LogP contribution in [0.1, 0.15) is 57.5 Å². The third-order valence-corrected chi connectivity index (χ3v) is 5.51. The number of likely N-dealkylation sites (tertiary alicyclic amines) is 1. The molecule has 1 atom stereocenters. The lowest BCUT2D eigenvalue weighted by atomic mass is 10.00. The van der Waals surface area contributed by atoms with E-state index in [-0.39, 0.29) is 5.65 Å². The summed E-state index contributed by atoms with van der Waals surface area (Å²) in [5.41, 5.74) is -5.38. The predicted octanol–water partition coefficient (Wildman–Crippen LogP) is 3.73. The first-order valence-electron chi connectivity index (χ1n) is 9.56. The Morgan fingerprint density at radius 2 is 1.87 bits per heavy atom. The van der Waals surface area contributed by atoms with Crippen molar-refractivity contribution in [3.8, 4) is 5.88 Å². The average Bonchev–Trinajstić information content (AvgIpc) is 3.03. The highest BCUT2D eigenvalue weighted by Gasteiger charge is 2.49. The summed E-state index contributed by atoms with van der Waals surface area (Å²) in [6.07, 6.45) is 1.78. The van der Waals surface area contributed by atoms with Crippen LogP contribution in [-0.2, 0) is 14.9 Å². The van der Waals surface area contributed by atoms with Gasteiger partial charge in [-0.15, -0.1) is 0 Å². The molecule has 0 aliphatic carbocycles. The molecule has 13 heteroatoms. The summed E-state index contributed by atoms with van der Waals surface area (Å²) >= 11 is 0. The number of amides is 1. The molecular formula is C18H23F3N4O5S. The number of hydrogen-bond acceptors (Lipinski definition) is 7. The van der Waals surface area contributed by atoms with Gasteiger partial charge in [-0.25, -0.2) is 9.31 Å². The van der Waals surface area contributed by atoms with Gasteiger partial charge in [-0.3, -0.25) is 4.90 Å². The Morgan fingerprint density at radius 1 is 1.19 bits per heavy atom. The highest BCUT2D eigenvalue weighted by molar-refractivity contribution is 7.87. The largest absolute Gasteiger partial charge is 0.534 e. The molecule has 0 N–H and O–H groups in total. The molecule has 172 valence electrons. The van der Waals surface area contributed by atoms with Crippen molar-refractivity contribution in [2.45, 2.75) is 64.1 Å². The van der Waals surface area contributed by atoms with Gasteiger partial charge in [0, 0.05) is 24.4 Å². The Kier molecular flexibility index (Phi) is 5.84. The van der Waals surface area contributed by atoms with Gasteiger partial charge >= 0.3 is 21.7 Å². The molecule has 3 heterocycles. The number of ether oxygens (including phenoxy) is 1. The van der Waals surface area contributed by atoms with E-state index in [1.807, 2.05) is 0 Å². The summed E-state index contributed by atoms with van der Waals surface area (Å²) in [5, 5.41) is 4.43. The Balaban J connectivity index is 1.94. The number of fused-ring (bicyclic) bond motifs is 1. The molecule has 31 heavy (non-hydrogen) atoms. The van der Waals surface area contributed by atoms with Crippen LogP contribution in [0, 0.1) is 6.92 Å². The van der Waals surface area contributed by atoms with Crippen LogP contribution in [0.3, 0.4) is 0 Å². The number of rotatable bonds is 3. The van der Waals surface area contributed by atoms with E-state index >= 15 is 0 Å². The van der Waals surface area contributed by atoms with Gasteiger partial charge in [0.1, 0.15) is 5.60 Å². The van der Waals surface area contributed by atoms with Gasteiger partial charge in [0.15, 0.2) is 5.65 Å². The molecule has 1 amide bonds. The summed E-state index contributed by atoms with van der Waals surface area (Å²) in [5.74, 6) is -0.721.